The van der Waals surface area contributed by atoms with E-state index < -0.39 is 0 Å². The van der Waals surface area contributed by atoms with Crippen LogP contribution < -0.4 is 5.32 Å². The summed E-state index contributed by atoms with van der Waals surface area (Å²) in [7, 11) is 0. The van der Waals surface area contributed by atoms with Crippen molar-refractivity contribution in [3.8, 4) is 0 Å². The Morgan fingerprint density at radius 3 is 3.16 bits per heavy atom. The maximum atomic E-state index is 4.44. The first-order valence-electron chi connectivity index (χ1n) is 6.69. The van der Waals surface area contributed by atoms with Gasteiger partial charge in [0.1, 0.15) is 0 Å². The van der Waals surface area contributed by atoms with Crippen LogP contribution in [-0.4, -0.2) is 4.98 Å². The lowest BCUT2D eigenvalue weighted by Gasteiger charge is -2.27. The fourth-order valence-electron chi connectivity index (χ4n) is 2.71. The topological polar surface area (TPSA) is 24.9 Å². The fourth-order valence-corrected chi connectivity index (χ4v) is 4.83. The minimum atomic E-state index is 0.301. The predicted octanol–water partition coefficient (Wildman–Crippen LogP) is 4.48. The highest BCUT2D eigenvalue weighted by Crippen LogP contribution is 2.37. The zero-order valence-electron chi connectivity index (χ0n) is 10.9. The van der Waals surface area contributed by atoms with Crippen molar-refractivity contribution in [1.29, 1.82) is 0 Å². The van der Waals surface area contributed by atoms with Gasteiger partial charge >= 0.3 is 0 Å². The Hall–Kier alpha value is -0.460. The first-order valence-corrected chi connectivity index (χ1v) is 8.58. The molecule has 2 aromatic heterocycles. The van der Waals surface area contributed by atoms with E-state index in [4.69, 9.17) is 0 Å². The molecule has 2 atom stereocenters. The molecule has 0 amide bonds. The van der Waals surface area contributed by atoms with Gasteiger partial charge in [-0.05, 0) is 72.5 Å². The van der Waals surface area contributed by atoms with Gasteiger partial charge in [-0.3, -0.25) is 4.98 Å². The van der Waals surface area contributed by atoms with Crippen molar-refractivity contribution in [2.24, 2.45) is 0 Å². The molecule has 0 saturated carbocycles. The van der Waals surface area contributed by atoms with E-state index in [1.165, 1.54) is 27.7 Å². The fraction of sp³-hybridized carbons (Fsp3) is 0.400. The highest BCUT2D eigenvalue weighted by Gasteiger charge is 2.24. The minimum Gasteiger partial charge on any atom is -0.302 e. The van der Waals surface area contributed by atoms with Crippen molar-refractivity contribution in [3.05, 3.63) is 49.5 Å². The number of halogens is 1. The number of hydrogen-bond acceptors (Lipinski definition) is 3. The summed E-state index contributed by atoms with van der Waals surface area (Å²) in [5, 5.41) is 3.75. The van der Waals surface area contributed by atoms with E-state index in [0.717, 1.165) is 5.69 Å². The molecule has 4 heteroatoms. The molecule has 0 fully saturated rings. The standard InChI is InChI=1S/C15H17IN2S/c1-10(12-5-2-3-8-17-12)18-13-6-4-7-14-11(13)9-15(16)19-14/h2-3,5,8-10,13,18H,4,6-7H2,1H3/t10-,13?/m0/s1. The molecule has 0 radical (unpaired) electrons. The molecular formula is C15H17IN2S. The van der Waals surface area contributed by atoms with Crippen molar-refractivity contribution < 1.29 is 0 Å². The molecule has 100 valence electrons. The summed E-state index contributed by atoms with van der Waals surface area (Å²) in [6.45, 7) is 2.20. The molecule has 3 rings (SSSR count). The van der Waals surface area contributed by atoms with Crippen molar-refractivity contribution in [2.75, 3.05) is 0 Å². The zero-order valence-corrected chi connectivity index (χ0v) is 13.9. The van der Waals surface area contributed by atoms with Crippen LogP contribution in [0.3, 0.4) is 0 Å². The van der Waals surface area contributed by atoms with Gasteiger partial charge in [-0.2, -0.15) is 0 Å². The van der Waals surface area contributed by atoms with Gasteiger partial charge < -0.3 is 5.32 Å². The first kappa shape index (κ1) is 13.5. The average Bonchev–Trinajstić information content (AvgIpc) is 2.81. The van der Waals surface area contributed by atoms with E-state index in [2.05, 4.69) is 58.0 Å². The molecule has 0 bridgehead atoms. The lowest BCUT2D eigenvalue weighted by Crippen LogP contribution is -2.27. The van der Waals surface area contributed by atoms with Crippen LogP contribution in [0.15, 0.2) is 30.5 Å². The Morgan fingerprint density at radius 2 is 2.37 bits per heavy atom. The van der Waals surface area contributed by atoms with Crippen molar-refractivity contribution >= 4 is 33.9 Å². The second-order valence-corrected chi connectivity index (χ2v) is 8.05. The first-order chi connectivity index (χ1) is 9.24. The summed E-state index contributed by atoms with van der Waals surface area (Å²) in [6, 6.07) is 9.26. The minimum absolute atomic E-state index is 0.301. The Kier molecular flexibility index (Phi) is 4.19. The van der Waals surface area contributed by atoms with Crippen LogP contribution in [0.1, 0.15) is 48.0 Å². The second kappa shape index (κ2) is 5.89. The normalized spacial score (nSPS) is 20.0. The lowest BCUT2D eigenvalue weighted by molar-refractivity contribution is 0.414. The molecule has 0 spiro atoms. The quantitative estimate of drug-likeness (QED) is 0.790. The Morgan fingerprint density at radius 1 is 1.47 bits per heavy atom. The maximum absolute atomic E-state index is 4.44. The van der Waals surface area contributed by atoms with Crippen molar-refractivity contribution in [2.45, 2.75) is 38.3 Å². The molecular weight excluding hydrogens is 367 g/mol. The van der Waals surface area contributed by atoms with E-state index in [1.807, 2.05) is 23.6 Å². The Labute approximate surface area is 131 Å². The third-order valence-electron chi connectivity index (χ3n) is 3.67. The number of thiophene rings is 1. The average molecular weight is 384 g/mol. The molecule has 1 aliphatic rings. The van der Waals surface area contributed by atoms with Crippen LogP contribution in [0, 0.1) is 2.88 Å². The molecule has 2 aromatic rings. The van der Waals surface area contributed by atoms with Crippen molar-refractivity contribution in [1.82, 2.24) is 10.3 Å². The SMILES string of the molecule is C[C@H](NC1CCCc2sc(I)cc21)c1ccccn1. The third-order valence-corrected chi connectivity index (χ3v) is 5.64. The summed E-state index contributed by atoms with van der Waals surface area (Å²) in [5.74, 6) is 0. The van der Waals surface area contributed by atoms with E-state index >= 15 is 0 Å². The van der Waals surface area contributed by atoms with Crippen LogP contribution in [-0.2, 0) is 6.42 Å². The molecule has 0 aromatic carbocycles. The van der Waals surface area contributed by atoms with Gasteiger partial charge in [0.2, 0.25) is 0 Å². The number of rotatable bonds is 3. The summed E-state index contributed by atoms with van der Waals surface area (Å²) in [4.78, 5) is 6.01. The highest BCUT2D eigenvalue weighted by molar-refractivity contribution is 14.1. The second-order valence-electron chi connectivity index (χ2n) is 5.02. The number of aromatic nitrogens is 1. The van der Waals surface area contributed by atoms with Gasteiger partial charge in [0.15, 0.2) is 0 Å². The Balaban J connectivity index is 1.77. The third kappa shape index (κ3) is 3.01. The number of pyridine rings is 1. The van der Waals surface area contributed by atoms with Crippen LogP contribution in [0.5, 0.6) is 0 Å². The van der Waals surface area contributed by atoms with Crippen LogP contribution in [0.4, 0.5) is 0 Å². The highest BCUT2D eigenvalue weighted by atomic mass is 127. The van der Waals surface area contributed by atoms with Crippen LogP contribution >= 0.6 is 33.9 Å². The Bertz CT molecular complexity index is 553. The summed E-state index contributed by atoms with van der Waals surface area (Å²) < 4.78 is 1.40. The predicted molar refractivity (Wildman–Crippen MR) is 88.5 cm³/mol. The van der Waals surface area contributed by atoms with Gasteiger partial charge in [-0.1, -0.05) is 6.07 Å². The smallest absolute Gasteiger partial charge is 0.0659 e. The molecule has 0 saturated heterocycles. The molecule has 1 N–H and O–H groups in total. The zero-order chi connectivity index (χ0) is 13.2. The van der Waals surface area contributed by atoms with Gasteiger partial charge in [-0.25, -0.2) is 0 Å². The number of hydrogen-bond donors (Lipinski definition) is 1. The van der Waals surface area contributed by atoms with Crippen LogP contribution in [0.25, 0.3) is 0 Å². The summed E-state index contributed by atoms with van der Waals surface area (Å²) in [6.07, 6.45) is 5.64. The van der Waals surface area contributed by atoms with E-state index in [9.17, 15) is 0 Å². The van der Waals surface area contributed by atoms with E-state index in [0.29, 0.717) is 12.1 Å². The maximum Gasteiger partial charge on any atom is 0.0659 e. The molecule has 1 unspecified atom stereocenters. The number of fused-ring (bicyclic) bond motifs is 1. The van der Waals surface area contributed by atoms with Gasteiger partial charge in [-0.15, -0.1) is 11.3 Å². The van der Waals surface area contributed by atoms with E-state index in [1.54, 1.807) is 4.88 Å². The molecule has 2 nitrogen and oxygen atoms in total. The molecule has 2 heterocycles. The largest absolute Gasteiger partial charge is 0.302 e. The van der Waals surface area contributed by atoms with Gasteiger partial charge in [0.05, 0.1) is 8.58 Å². The molecule has 1 aliphatic carbocycles. The van der Waals surface area contributed by atoms with E-state index in [-0.39, 0.29) is 0 Å². The van der Waals surface area contributed by atoms with Gasteiger partial charge in [0, 0.05) is 23.2 Å². The number of aryl methyl sites for hydroxylation is 1. The van der Waals surface area contributed by atoms with Crippen LogP contribution in [0.2, 0.25) is 0 Å². The summed E-state index contributed by atoms with van der Waals surface area (Å²) >= 11 is 4.38. The molecule has 19 heavy (non-hydrogen) atoms. The lowest BCUT2D eigenvalue weighted by atomic mass is 9.93. The monoisotopic (exact) mass is 384 g/mol. The van der Waals surface area contributed by atoms with Crippen molar-refractivity contribution in [3.63, 3.8) is 0 Å². The molecule has 0 aliphatic heterocycles. The number of nitrogens with zero attached hydrogens (tertiary/aromatic N) is 1. The summed E-state index contributed by atoms with van der Waals surface area (Å²) in [5.41, 5.74) is 2.64. The number of nitrogens with one attached hydrogen (secondary N) is 1. The van der Waals surface area contributed by atoms with Gasteiger partial charge in [0.25, 0.3) is 0 Å².